The van der Waals surface area contributed by atoms with Crippen LogP contribution in [0.4, 0.5) is 11.4 Å². The number of nitrogens with one attached hydrogen (secondary N) is 2. The fourth-order valence-corrected chi connectivity index (χ4v) is 3.41. The molecule has 0 atom stereocenters. The molecule has 7 nitrogen and oxygen atoms in total. The summed E-state index contributed by atoms with van der Waals surface area (Å²) in [6.07, 6.45) is 0. The molecule has 2 aromatic carbocycles. The van der Waals surface area contributed by atoms with Crippen molar-refractivity contribution in [2.75, 3.05) is 43.6 Å². The topological polar surface area (TPSA) is 79.9 Å². The molecular formula is C21H22ClN3O4S. The van der Waals surface area contributed by atoms with Gasteiger partial charge in [0.2, 0.25) is 0 Å². The lowest BCUT2D eigenvalue weighted by atomic mass is 10.1. The summed E-state index contributed by atoms with van der Waals surface area (Å²) in [7, 11) is 1.32. The van der Waals surface area contributed by atoms with E-state index in [4.69, 9.17) is 33.3 Å². The van der Waals surface area contributed by atoms with Gasteiger partial charge in [0.1, 0.15) is 0 Å². The van der Waals surface area contributed by atoms with E-state index in [0.29, 0.717) is 48.1 Å². The summed E-state index contributed by atoms with van der Waals surface area (Å²) in [6.45, 7) is 4.47. The van der Waals surface area contributed by atoms with Gasteiger partial charge in [-0.2, -0.15) is 0 Å². The van der Waals surface area contributed by atoms with Gasteiger partial charge in [0.25, 0.3) is 5.91 Å². The number of methoxy groups -OCH3 is 1. The molecule has 1 heterocycles. The van der Waals surface area contributed by atoms with E-state index in [2.05, 4.69) is 15.5 Å². The average molecular weight is 448 g/mol. The summed E-state index contributed by atoms with van der Waals surface area (Å²) in [4.78, 5) is 26.6. The molecule has 0 aromatic heterocycles. The molecule has 0 aliphatic carbocycles. The summed E-state index contributed by atoms with van der Waals surface area (Å²) >= 11 is 11.4. The molecule has 1 fully saturated rings. The Labute approximate surface area is 185 Å². The number of nitrogens with zero attached hydrogens (tertiary/aromatic N) is 1. The molecule has 1 aliphatic heterocycles. The Balaban J connectivity index is 1.80. The van der Waals surface area contributed by atoms with Crippen molar-refractivity contribution in [3.05, 3.63) is 58.1 Å². The second-order valence-corrected chi connectivity index (χ2v) is 7.51. The Bertz CT molecular complexity index is 977. The SMILES string of the molecule is COC(=O)c1ccc(N2CCOCC2)c(NC(=S)NC(=O)c2ccc(C)c(Cl)c2)c1. The molecule has 1 saturated heterocycles. The van der Waals surface area contributed by atoms with Crippen molar-refractivity contribution in [1.82, 2.24) is 5.32 Å². The number of carbonyl (C=O) groups excluding carboxylic acids is 2. The third-order valence-electron chi connectivity index (χ3n) is 4.68. The van der Waals surface area contributed by atoms with Crippen LogP contribution in [0.1, 0.15) is 26.3 Å². The molecule has 3 rings (SSSR count). The maximum Gasteiger partial charge on any atom is 0.337 e. The van der Waals surface area contributed by atoms with Crippen LogP contribution in [0.2, 0.25) is 5.02 Å². The molecule has 0 unspecified atom stereocenters. The van der Waals surface area contributed by atoms with Crippen LogP contribution < -0.4 is 15.5 Å². The first-order chi connectivity index (χ1) is 14.4. The standard InChI is InChI=1S/C21H22ClN3O4S/c1-13-3-4-14(11-16(13)22)19(26)24-21(30)23-17-12-15(20(27)28-2)5-6-18(17)25-7-9-29-10-8-25/h3-6,11-12H,7-10H2,1-2H3,(H2,23,24,26,30). The largest absolute Gasteiger partial charge is 0.465 e. The predicted molar refractivity (Wildman–Crippen MR) is 121 cm³/mol. The third-order valence-corrected chi connectivity index (χ3v) is 5.29. The number of carbonyl (C=O) groups is 2. The molecule has 1 aliphatic rings. The highest BCUT2D eigenvalue weighted by atomic mass is 35.5. The smallest absolute Gasteiger partial charge is 0.337 e. The third kappa shape index (κ3) is 5.27. The summed E-state index contributed by atoms with van der Waals surface area (Å²) in [5, 5.41) is 6.28. The summed E-state index contributed by atoms with van der Waals surface area (Å²) < 4.78 is 10.2. The number of halogens is 1. The van der Waals surface area contributed by atoms with Gasteiger partial charge < -0.3 is 19.7 Å². The second kappa shape index (κ2) is 9.88. The van der Waals surface area contributed by atoms with Crippen LogP contribution in [-0.4, -0.2) is 50.4 Å². The maximum atomic E-state index is 12.5. The minimum Gasteiger partial charge on any atom is -0.465 e. The van der Waals surface area contributed by atoms with Crippen LogP contribution in [0.15, 0.2) is 36.4 Å². The maximum absolute atomic E-state index is 12.5. The highest BCUT2D eigenvalue weighted by molar-refractivity contribution is 7.80. The molecule has 0 radical (unpaired) electrons. The molecule has 2 aromatic rings. The number of aryl methyl sites for hydroxylation is 1. The number of benzene rings is 2. The molecule has 0 spiro atoms. The normalized spacial score (nSPS) is 13.5. The van der Waals surface area contributed by atoms with Crippen LogP contribution in [0, 0.1) is 6.92 Å². The van der Waals surface area contributed by atoms with E-state index in [1.54, 1.807) is 30.3 Å². The lowest BCUT2D eigenvalue weighted by Crippen LogP contribution is -2.38. The highest BCUT2D eigenvalue weighted by Gasteiger charge is 2.18. The molecule has 158 valence electrons. The van der Waals surface area contributed by atoms with Crippen molar-refractivity contribution in [3.8, 4) is 0 Å². The number of morpholine rings is 1. The van der Waals surface area contributed by atoms with E-state index >= 15 is 0 Å². The first-order valence-electron chi connectivity index (χ1n) is 9.32. The highest BCUT2D eigenvalue weighted by Crippen LogP contribution is 2.28. The van der Waals surface area contributed by atoms with E-state index in [9.17, 15) is 9.59 Å². The van der Waals surface area contributed by atoms with E-state index in [1.807, 2.05) is 13.0 Å². The van der Waals surface area contributed by atoms with Crippen molar-refractivity contribution < 1.29 is 19.1 Å². The monoisotopic (exact) mass is 447 g/mol. The minimum absolute atomic E-state index is 0.105. The van der Waals surface area contributed by atoms with Crippen molar-refractivity contribution in [2.45, 2.75) is 6.92 Å². The van der Waals surface area contributed by atoms with Crippen molar-refractivity contribution in [2.24, 2.45) is 0 Å². The van der Waals surface area contributed by atoms with Crippen molar-refractivity contribution >= 4 is 52.2 Å². The predicted octanol–water partition coefficient (Wildman–Crippen LogP) is 3.40. The van der Waals surface area contributed by atoms with Gasteiger partial charge in [-0.3, -0.25) is 10.1 Å². The minimum atomic E-state index is -0.462. The van der Waals surface area contributed by atoms with Crippen LogP contribution >= 0.6 is 23.8 Å². The van der Waals surface area contributed by atoms with Crippen LogP contribution in [0.3, 0.4) is 0 Å². The Morgan fingerprint density at radius 3 is 2.50 bits per heavy atom. The number of rotatable bonds is 4. The van der Waals surface area contributed by atoms with Crippen molar-refractivity contribution in [3.63, 3.8) is 0 Å². The molecular weight excluding hydrogens is 426 g/mol. The molecule has 0 bridgehead atoms. The van der Waals surface area contributed by atoms with Crippen molar-refractivity contribution in [1.29, 1.82) is 0 Å². The Kier molecular flexibility index (Phi) is 7.25. The molecule has 2 N–H and O–H groups in total. The van der Waals surface area contributed by atoms with Crippen LogP contribution in [0.25, 0.3) is 0 Å². The Morgan fingerprint density at radius 1 is 1.13 bits per heavy atom. The molecule has 9 heteroatoms. The van der Waals surface area contributed by atoms with E-state index < -0.39 is 5.97 Å². The molecule has 30 heavy (non-hydrogen) atoms. The Hall–Kier alpha value is -2.68. The lowest BCUT2D eigenvalue weighted by molar-refractivity contribution is 0.0600. The number of esters is 1. The summed E-state index contributed by atoms with van der Waals surface area (Å²) in [6, 6.07) is 10.2. The number of thiocarbonyl (C=S) groups is 1. The van der Waals surface area contributed by atoms with E-state index in [0.717, 1.165) is 11.3 Å². The Morgan fingerprint density at radius 2 is 1.83 bits per heavy atom. The van der Waals surface area contributed by atoms with Crippen LogP contribution in [0.5, 0.6) is 0 Å². The van der Waals surface area contributed by atoms with E-state index in [-0.39, 0.29) is 11.0 Å². The summed E-state index contributed by atoms with van der Waals surface area (Å²) in [5.41, 5.74) is 3.08. The first-order valence-corrected chi connectivity index (χ1v) is 10.1. The molecule has 0 saturated carbocycles. The number of hydrogen-bond donors (Lipinski definition) is 2. The quantitative estimate of drug-likeness (QED) is 0.549. The van der Waals surface area contributed by atoms with Gasteiger partial charge in [-0.05, 0) is 55.0 Å². The fraction of sp³-hybridized carbons (Fsp3) is 0.286. The average Bonchev–Trinajstić information content (AvgIpc) is 2.75. The zero-order valence-electron chi connectivity index (χ0n) is 16.7. The van der Waals surface area contributed by atoms with Gasteiger partial charge in [-0.25, -0.2) is 4.79 Å². The molecule has 1 amide bonds. The summed E-state index contributed by atoms with van der Waals surface area (Å²) in [5.74, 6) is -0.845. The zero-order valence-corrected chi connectivity index (χ0v) is 18.2. The zero-order chi connectivity index (χ0) is 21.7. The van der Waals surface area contributed by atoms with Crippen LogP contribution in [-0.2, 0) is 9.47 Å². The van der Waals surface area contributed by atoms with Gasteiger partial charge in [0.15, 0.2) is 5.11 Å². The first kappa shape index (κ1) is 22.0. The second-order valence-electron chi connectivity index (χ2n) is 6.70. The van der Waals surface area contributed by atoms with Gasteiger partial charge in [0, 0.05) is 23.7 Å². The van der Waals surface area contributed by atoms with E-state index in [1.165, 1.54) is 7.11 Å². The number of hydrogen-bond acceptors (Lipinski definition) is 6. The van der Waals surface area contributed by atoms with Gasteiger partial charge in [0.05, 0.1) is 37.3 Å². The number of ether oxygens (including phenoxy) is 2. The fourth-order valence-electron chi connectivity index (χ4n) is 3.02. The van der Waals surface area contributed by atoms with Gasteiger partial charge >= 0.3 is 5.97 Å². The number of anilines is 2. The van der Waals surface area contributed by atoms with Gasteiger partial charge in [-0.1, -0.05) is 17.7 Å². The van der Waals surface area contributed by atoms with Gasteiger partial charge in [-0.15, -0.1) is 0 Å². The number of amides is 1. The lowest BCUT2D eigenvalue weighted by Gasteiger charge is -2.31.